The molecule has 0 N–H and O–H groups in total. The molecule has 0 aliphatic carbocycles. The van der Waals surface area contributed by atoms with E-state index in [4.69, 9.17) is 5.26 Å². The number of hydrogen-bond donors (Lipinski definition) is 0. The van der Waals surface area contributed by atoms with Crippen LogP contribution in [0.15, 0.2) is 48.8 Å². The van der Waals surface area contributed by atoms with Crippen LogP contribution in [0.3, 0.4) is 0 Å². The summed E-state index contributed by atoms with van der Waals surface area (Å²) in [7, 11) is 0. The van der Waals surface area contributed by atoms with Crippen molar-refractivity contribution in [1.82, 2.24) is 9.55 Å². The van der Waals surface area contributed by atoms with E-state index in [1.165, 1.54) is 16.5 Å². The molecule has 0 amide bonds. The van der Waals surface area contributed by atoms with Crippen LogP contribution in [0.4, 0.5) is 0 Å². The molecule has 3 heteroatoms. The van der Waals surface area contributed by atoms with Crippen LogP contribution in [0.2, 0.25) is 0 Å². The highest BCUT2D eigenvalue weighted by atomic mass is 15.0. The summed E-state index contributed by atoms with van der Waals surface area (Å²) in [6.07, 6.45) is 3.71. The lowest BCUT2D eigenvalue weighted by molar-refractivity contribution is 0.827. The van der Waals surface area contributed by atoms with Gasteiger partial charge in [-0.15, -0.1) is 0 Å². The number of nitriles is 1. The lowest BCUT2D eigenvalue weighted by Crippen LogP contribution is -2.01. The van der Waals surface area contributed by atoms with E-state index >= 15 is 0 Å². The van der Waals surface area contributed by atoms with E-state index in [-0.39, 0.29) is 0 Å². The number of fused-ring (bicyclic) bond motifs is 1. The second kappa shape index (κ2) is 4.58. The number of rotatable bonds is 2. The van der Waals surface area contributed by atoms with Crippen LogP contribution >= 0.6 is 0 Å². The number of nitrogens with zero attached hydrogens (tertiary/aromatic N) is 3. The van der Waals surface area contributed by atoms with Gasteiger partial charge in [-0.25, -0.2) is 4.98 Å². The number of benzene rings is 1. The fourth-order valence-corrected chi connectivity index (χ4v) is 2.28. The molecule has 0 saturated heterocycles. The molecule has 3 rings (SSSR count). The first kappa shape index (κ1) is 11.5. The third-order valence-electron chi connectivity index (χ3n) is 3.27. The summed E-state index contributed by atoms with van der Waals surface area (Å²) in [5.41, 5.74) is 3.87. The average molecular weight is 247 g/mol. The largest absolute Gasteiger partial charge is 0.343 e. The van der Waals surface area contributed by atoms with E-state index in [1.54, 1.807) is 6.20 Å². The molecule has 0 unspecified atom stereocenters. The molecule has 1 aromatic carbocycles. The Morgan fingerprint density at radius 3 is 3.00 bits per heavy atom. The minimum Gasteiger partial charge on any atom is -0.343 e. The normalized spacial score (nSPS) is 10.5. The Morgan fingerprint density at radius 2 is 2.16 bits per heavy atom. The van der Waals surface area contributed by atoms with Crippen LogP contribution in [0.1, 0.15) is 16.8 Å². The predicted molar refractivity (Wildman–Crippen MR) is 74.7 cm³/mol. The third kappa shape index (κ3) is 2.09. The molecule has 2 heterocycles. The molecule has 0 saturated carbocycles. The lowest BCUT2D eigenvalue weighted by Gasteiger charge is -2.07. The van der Waals surface area contributed by atoms with Gasteiger partial charge in [-0.1, -0.05) is 18.2 Å². The Bertz CT molecular complexity index is 778. The smallest absolute Gasteiger partial charge is 0.145 e. The summed E-state index contributed by atoms with van der Waals surface area (Å²) >= 11 is 0. The molecule has 19 heavy (non-hydrogen) atoms. The number of aryl methyl sites for hydroxylation is 1. The molecule has 92 valence electrons. The Kier molecular flexibility index (Phi) is 2.77. The van der Waals surface area contributed by atoms with Crippen LogP contribution in [0, 0.1) is 18.3 Å². The van der Waals surface area contributed by atoms with Gasteiger partial charge in [0.25, 0.3) is 0 Å². The third-order valence-corrected chi connectivity index (χ3v) is 3.27. The first-order chi connectivity index (χ1) is 9.28. The molecule has 0 radical (unpaired) electrons. The first-order valence-corrected chi connectivity index (χ1v) is 6.17. The predicted octanol–water partition coefficient (Wildman–Crippen LogP) is 3.26. The van der Waals surface area contributed by atoms with Crippen molar-refractivity contribution in [2.24, 2.45) is 0 Å². The van der Waals surface area contributed by atoms with Gasteiger partial charge in [0.15, 0.2) is 0 Å². The van der Waals surface area contributed by atoms with E-state index < -0.39 is 0 Å². The van der Waals surface area contributed by atoms with Crippen molar-refractivity contribution in [3.8, 4) is 6.07 Å². The minimum absolute atomic E-state index is 0.497. The summed E-state index contributed by atoms with van der Waals surface area (Å²) in [6, 6.07) is 14.5. The van der Waals surface area contributed by atoms with Crippen LogP contribution in [-0.2, 0) is 6.54 Å². The maximum absolute atomic E-state index is 9.08. The molecule has 0 atom stereocenters. The zero-order chi connectivity index (χ0) is 13.2. The fraction of sp³-hybridized carbons (Fsp3) is 0.125. The maximum atomic E-state index is 9.08. The lowest BCUT2D eigenvalue weighted by atomic mass is 10.2. The Hall–Kier alpha value is -2.60. The van der Waals surface area contributed by atoms with Gasteiger partial charge >= 0.3 is 0 Å². The Labute approximate surface area is 111 Å². The quantitative estimate of drug-likeness (QED) is 0.697. The number of hydrogen-bond acceptors (Lipinski definition) is 2. The molecular weight excluding hydrogens is 234 g/mol. The molecule has 0 bridgehead atoms. The van der Waals surface area contributed by atoms with E-state index in [1.807, 2.05) is 12.1 Å². The summed E-state index contributed by atoms with van der Waals surface area (Å²) in [5, 5.41) is 10.3. The monoisotopic (exact) mass is 247 g/mol. The van der Waals surface area contributed by atoms with Crippen LogP contribution in [0.25, 0.3) is 10.9 Å². The molecule has 0 fully saturated rings. The van der Waals surface area contributed by atoms with Gasteiger partial charge in [-0.3, -0.25) is 0 Å². The summed E-state index contributed by atoms with van der Waals surface area (Å²) in [6.45, 7) is 2.76. The zero-order valence-corrected chi connectivity index (χ0v) is 10.7. The van der Waals surface area contributed by atoms with Crippen LogP contribution in [0.5, 0.6) is 0 Å². The molecule has 3 aromatic rings. The molecule has 0 aliphatic heterocycles. The highest BCUT2D eigenvalue weighted by Gasteiger charge is 2.06. The highest BCUT2D eigenvalue weighted by molar-refractivity contribution is 5.80. The standard InChI is InChI=1S/C16H13N3/c1-12-4-5-13-6-8-19(16(13)9-12)11-14-3-2-7-18-15(14)10-17/h2-9H,11H2,1H3. The summed E-state index contributed by atoms with van der Waals surface area (Å²) < 4.78 is 2.15. The topological polar surface area (TPSA) is 41.6 Å². The van der Waals surface area contributed by atoms with Gasteiger partial charge < -0.3 is 4.57 Å². The first-order valence-electron chi connectivity index (χ1n) is 6.17. The zero-order valence-electron chi connectivity index (χ0n) is 10.7. The van der Waals surface area contributed by atoms with Crippen molar-refractivity contribution in [1.29, 1.82) is 5.26 Å². The van der Waals surface area contributed by atoms with E-state index in [9.17, 15) is 0 Å². The minimum atomic E-state index is 0.497. The van der Waals surface area contributed by atoms with Gasteiger partial charge in [0.2, 0.25) is 0 Å². The highest BCUT2D eigenvalue weighted by Crippen LogP contribution is 2.19. The van der Waals surface area contributed by atoms with Crippen molar-refractivity contribution in [3.05, 3.63) is 65.6 Å². The van der Waals surface area contributed by atoms with Gasteiger partial charge in [0.05, 0.1) is 6.54 Å². The molecular formula is C16H13N3. The molecule has 3 nitrogen and oxygen atoms in total. The Morgan fingerprint density at radius 1 is 1.26 bits per heavy atom. The number of pyridine rings is 1. The average Bonchev–Trinajstić information content (AvgIpc) is 2.82. The SMILES string of the molecule is Cc1ccc2ccn(Cc3cccnc3C#N)c2c1. The summed E-state index contributed by atoms with van der Waals surface area (Å²) in [5.74, 6) is 0. The van der Waals surface area contributed by atoms with Crippen LogP contribution in [-0.4, -0.2) is 9.55 Å². The van der Waals surface area contributed by atoms with Gasteiger partial charge in [0, 0.05) is 23.5 Å². The van der Waals surface area contributed by atoms with Crippen molar-refractivity contribution < 1.29 is 0 Å². The maximum Gasteiger partial charge on any atom is 0.145 e. The molecule has 0 aliphatic rings. The molecule has 0 spiro atoms. The van der Waals surface area contributed by atoms with Crippen LogP contribution < -0.4 is 0 Å². The van der Waals surface area contributed by atoms with Gasteiger partial charge in [-0.05, 0) is 36.1 Å². The second-order valence-electron chi connectivity index (χ2n) is 4.63. The van der Waals surface area contributed by atoms with Crippen molar-refractivity contribution in [2.75, 3.05) is 0 Å². The van der Waals surface area contributed by atoms with E-state index in [0.29, 0.717) is 12.2 Å². The molecule has 2 aromatic heterocycles. The van der Waals surface area contributed by atoms with Crippen molar-refractivity contribution in [2.45, 2.75) is 13.5 Å². The second-order valence-corrected chi connectivity index (χ2v) is 4.63. The van der Waals surface area contributed by atoms with E-state index in [2.05, 4.69) is 53.0 Å². The van der Waals surface area contributed by atoms with Crippen molar-refractivity contribution in [3.63, 3.8) is 0 Å². The van der Waals surface area contributed by atoms with Crippen molar-refractivity contribution >= 4 is 10.9 Å². The van der Waals surface area contributed by atoms with Gasteiger partial charge in [-0.2, -0.15) is 5.26 Å². The summed E-state index contributed by atoms with van der Waals surface area (Å²) in [4.78, 5) is 4.10. The number of aromatic nitrogens is 2. The van der Waals surface area contributed by atoms with Gasteiger partial charge in [0.1, 0.15) is 11.8 Å². The van der Waals surface area contributed by atoms with E-state index in [0.717, 1.165) is 5.56 Å². The fourth-order valence-electron chi connectivity index (χ4n) is 2.28. The Balaban J connectivity index is 2.06.